The molecule has 0 amide bonds. The van der Waals surface area contributed by atoms with Gasteiger partial charge in [-0.3, -0.25) is 0 Å². The zero-order chi connectivity index (χ0) is 2.71. The van der Waals surface area contributed by atoms with Crippen molar-refractivity contribution in [3.63, 3.8) is 0 Å². The predicted molar refractivity (Wildman–Crippen MR) is 10.5 cm³/mol. The van der Waals surface area contributed by atoms with Crippen molar-refractivity contribution in [2.75, 3.05) is 6.61 Å². The Morgan fingerprint density at radius 3 is 1.14 bits per heavy atom. The predicted octanol–water partition coefficient (Wildman–Crippen LogP) is -9.62. The van der Waals surface area contributed by atoms with Gasteiger partial charge in [-0.2, -0.15) is 0 Å². The van der Waals surface area contributed by atoms with Crippen LogP contribution < -0.4 is 42.3 Å². The minimum atomic E-state index is 0. The fourth-order valence-corrected chi connectivity index (χ4v) is 0. The van der Waals surface area contributed by atoms with Crippen molar-refractivity contribution in [3.8, 4) is 0 Å². The summed E-state index contributed by atoms with van der Waals surface area (Å²) in [7, 11) is 0. The fraction of sp³-hybridized carbons (Fsp3) is 1.00. The van der Waals surface area contributed by atoms with Crippen molar-refractivity contribution in [2.45, 2.75) is 6.92 Å². The van der Waals surface area contributed by atoms with Gasteiger partial charge in [0.1, 0.15) is 0 Å². The molecule has 1 nitrogen and oxygen atoms in total. The largest absolute Gasteiger partial charge is 4.00 e. The van der Waals surface area contributed by atoms with E-state index in [1.54, 1.807) is 6.92 Å². The van der Waals surface area contributed by atoms with E-state index >= 15 is 0 Å². The molecule has 0 aromatic heterocycles. The van der Waals surface area contributed by atoms with E-state index in [0.29, 0.717) is 0 Å². The third-order valence-electron chi connectivity index (χ3n) is 0. The van der Waals surface area contributed by atoms with Gasteiger partial charge in [-0.05, 0) is 0 Å². The molecule has 0 aliphatic rings. The Morgan fingerprint density at radius 2 is 1.14 bits per heavy atom. The van der Waals surface area contributed by atoms with Crippen molar-refractivity contribution < 1.29 is 64.0 Å². The standard InChI is InChI=1S/C2H5O.3ClH.Ti/c1-2-3;;;;/h2H2,1H3;3*1H;/q-1;;;;+4/p-3. The van der Waals surface area contributed by atoms with Gasteiger partial charge in [-0.1, -0.05) is 6.92 Å². The number of hydrogen-bond donors (Lipinski definition) is 0. The molecule has 0 unspecified atom stereocenters. The van der Waals surface area contributed by atoms with Crippen LogP contribution in [0.3, 0.4) is 0 Å². The molecule has 0 aromatic rings. The second-order valence-corrected chi connectivity index (χ2v) is 0.289. The van der Waals surface area contributed by atoms with Crippen LogP contribution in [0.1, 0.15) is 6.92 Å². The monoisotopic (exact) mass is 198 g/mol. The summed E-state index contributed by atoms with van der Waals surface area (Å²) in [6.45, 7) is 1.57. The van der Waals surface area contributed by atoms with E-state index in [9.17, 15) is 0 Å². The summed E-state index contributed by atoms with van der Waals surface area (Å²) >= 11 is 0. The van der Waals surface area contributed by atoms with E-state index in [-0.39, 0.29) is 65.5 Å². The van der Waals surface area contributed by atoms with Gasteiger partial charge in [0.15, 0.2) is 0 Å². The first-order valence-corrected chi connectivity index (χ1v) is 0.996. The number of hydrogen-bond acceptors (Lipinski definition) is 1. The summed E-state index contributed by atoms with van der Waals surface area (Å²) < 4.78 is 0. The summed E-state index contributed by atoms with van der Waals surface area (Å²) in [6, 6.07) is 0. The maximum Gasteiger partial charge on any atom is 4.00 e. The molecule has 0 saturated heterocycles. The molecule has 0 heterocycles. The Morgan fingerprint density at radius 1 is 1.14 bits per heavy atom. The number of rotatable bonds is 0. The van der Waals surface area contributed by atoms with E-state index in [1.807, 2.05) is 0 Å². The second kappa shape index (κ2) is 49.9. The van der Waals surface area contributed by atoms with Crippen LogP contribution in [0.5, 0.6) is 0 Å². The Labute approximate surface area is 77.4 Å². The normalized spacial score (nSPS) is 2.57. The van der Waals surface area contributed by atoms with Gasteiger partial charge in [0.05, 0.1) is 0 Å². The molecule has 0 saturated carbocycles. The van der Waals surface area contributed by atoms with Crippen LogP contribution in [0.4, 0.5) is 0 Å². The Hall–Kier alpha value is 1.54. The second-order valence-electron chi connectivity index (χ2n) is 0.289. The summed E-state index contributed by atoms with van der Waals surface area (Å²) in [4.78, 5) is 0. The van der Waals surface area contributed by atoms with Crippen LogP contribution in [0.25, 0.3) is 0 Å². The Balaban J connectivity index is -0.00000000333. The minimum absolute atomic E-state index is 0. The third kappa shape index (κ3) is 97.2. The van der Waals surface area contributed by atoms with Gasteiger partial charge in [0.2, 0.25) is 0 Å². The first kappa shape index (κ1) is 38.7. The average Bonchev–Trinajstić information content (AvgIpc) is 0.918. The quantitative estimate of drug-likeness (QED) is 0.355. The van der Waals surface area contributed by atoms with Gasteiger partial charge < -0.3 is 42.3 Å². The maximum absolute atomic E-state index is 8.93. The average molecular weight is 199 g/mol. The van der Waals surface area contributed by atoms with Gasteiger partial charge in [0.25, 0.3) is 0 Å². The van der Waals surface area contributed by atoms with Crippen molar-refractivity contribution in [3.05, 3.63) is 0 Å². The van der Waals surface area contributed by atoms with Crippen molar-refractivity contribution in [2.24, 2.45) is 0 Å². The first-order chi connectivity index (χ1) is 1.41. The third-order valence-corrected chi connectivity index (χ3v) is 0. The Bertz CT molecular complexity index is 12.9. The topological polar surface area (TPSA) is 23.1 Å². The molecular formula is C2H5Cl3OTi. The molecule has 0 aromatic carbocycles. The van der Waals surface area contributed by atoms with E-state index < -0.39 is 0 Å². The summed E-state index contributed by atoms with van der Waals surface area (Å²) in [5, 5.41) is 8.93. The van der Waals surface area contributed by atoms with Gasteiger partial charge in [-0.25, -0.2) is 0 Å². The zero-order valence-electron chi connectivity index (χ0n) is 3.75. The Kier molecular flexibility index (Phi) is 276. The summed E-state index contributed by atoms with van der Waals surface area (Å²) in [5.74, 6) is 0. The van der Waals surface area contributed by atoms with Crippen molar-refractivity contribution >= 4 is 0 Å². The molecule has 0 bridgehead atoms. The maximum atomic E-state index is 8.93. The molecule has 0 rings (SSSR count). The van der Waals surface area contributed by atoms with Gasteiger partial charge >= 0.3 is 21.7 Å². The van der Waals surface area contributed by atoms with Crippen LogP contribution in [-0.2, 0) is 21.7 Å². The molecule has 5 heteroatoms. The summed E-state index contributed by atoms with van der Waals surface area (Å²) in [6.07, 6.45) is 0. The molecule has 0 radical (unpaired) electrons. The molecular weight excluding hydrogens is 194 g/mol. The van der Waals surface area contributed by atoms with Crippen LogP contribution in [0, 0.1) is 0 Å². The van der Waals surface area contributed by atoms with Crippen LogP contribution in [0.15, 0.2) is 0 Å². The van der Waals surface area contributed by atoms with Crippen molar-refractivity contribution in [1.82, 2.24) is 0 Å². The fourth-order valence-electron chi connectivity index (χ4n) is 0. The minimum Gasteiger partial charge on any atom is -1.00 e. The van der Waals surface area contributed by atoms with E-state index in [2.05, 4.69) is 0 Å². The molecule has 0 spiro atoms. The van der Waals surface area contributed by atoms with Crippen LogP contribution >= 0.6 is 0 Å². The van der Waals surface area contributed by atoms with Gasteiger partial charge in [0, 0.05) is 0 Å². The molecule has 0 atom stereocenters. The molecule has 0 aliphatic heterocycles. The zero-order valence-corrected chi connectivity index (χ0v) is 7.58. The molecule has 7 heavy (non-hydrogen) atoms. The molecule has 0 fully saturated rings. The molecule has 44 valence electrons. The summed E-state index contributed by atoms with van der Waals surface area (Å²) in [5.41, 5.74) is 0. The smallest absolute Gasteiger partial charge is 1.00 e. The van der Waals surface area contributed by atoms with E-state index in [0.717, 1.165) is 0 Å². The van der Waals surface area contributed by atoms with Gasteiger partial charge in [-0.15, -0.1) is 6.61 Å². The SMILES string of the molecule is CC[O-].[Cl-].[Cl-].[Cl-].[Ti+4]. The van der Waals surface area contributed by atoms with Crippen LogP contribution in [0.2, 0.25) is 0 Å². The first-order valence-electron chi connectivity index (χ1n) is 0.996. The molecule has 0 aliphatic carbocycles. The molecule has 0 N–H and O–H groups in total. The van der Waals surface area contributed by atoms with Crippen LogP contribution in [-0.4, -0.2) is 6.61 Å². The van der Waals surface area contributed by atoms with Crippen molar-refractivity contribution in [1.29, 1.82) is 0 Å². The number of halogens is 3. The van der Waals surface area contributed by atoms with E-state index in [1.165, 1.54) is 0 Å². The van der Waals surface area contributed by atoms with E-state index in [4.69, 9.17) is 5.11 Å².